The van der Waals surface area contributed by atoms with Gasteiger partial charge in [-0.1, -0.05) is 0 Å². The molecular formula is C41H41FN10O6. The van der Waals surface area contributed by atoms with E-state index in [1.807, 2.05) is 27.9 Å². The van der Waals surface area contributed by atoms with Gasteiger partial charge < -0.3 is 20.3 Å². The molecule has 17 heteroatoms. The van der Waals surface area contributed by atoms with Crippen molar-refractivity contribution >= 4 is 57.5 Å². The van der Waals surface area contributed by atoms with Crippen LogP contribution in [0.1, 0.15) is 88.5 Å². The van der Waals surface area contributed by atoms with E-state index in [2.05, 4.69) is 26.0 Å². The van der Waals surface area contributed by atoms with Crippen molar-refractivity contribution < 1.29 is 33.1 Å². The molecule has 5 aromatic rings. The van der Waals surface area contributed by atoms with Crippen LogP contribution in [0.25, 0.3) is 16.6 Å². The van der Waals surface area contributed by atoms with E-state index in [1.165, 1.54) is 6.20 Å². The molecule has 2 aliphatic carbocycles. The number of benzene rings is 2. The van der Waals surface area contributed by atoms with Gasteiger partial charge >= 0.3 is 0 Å². The molecule has 16 nitrogen and oxygen atoms in total. The number of fused-ring (bicyclic) bond motifs is 3. The Labute approximate surface area is 331 Å². The van der Waals surface area contributed by atoms with Crippen LogP contribution in [-0.2, 0) is 9.59 Å². The molecule has 2 saturated carbocycles. The molecule has 0 spiro atoms. The summed E-state index contributed by atoms with van der Waals surface area (Å²) in [6.07, 6.45) is 12.7. The topological polar surface area (TPSA) is 185 Å². The van der Waals surface area contributed by atoms with E-state index < -0.39 is 35.3 Å². The molecule has 2 aromatic carbocycles. The highest BCUT2D eigenvalue weighted by molar-refractivity contribution is 6.23. The Hall–Kier alpha value is -6.23. The summed E-state index contributed by atoms with van der Waals surface area (Å²) in [4.78, 5) is 70.8. The van der Waals surface area contributed by atoms with Crippen LogP contribution < -0.4 is 25.6 Å². The minimum absolute atomic E-state index is 0.0470. The number of nitrogens with one attached hydrogen (secondary N) is 3. The Balaban J connectivity index is 0.745. The van der Waals surface area contributed by atoms with E-state index in [1.54, 1.807) is 41.2 Å². The molecule has 3 aromatic heterocycles. The van der Waals surface area contributed by atoms with Crippen LogP contribution in [0.2, 0.25) is 0 Å². The third-order valence-corrected chi connectivity index (χ3v) is 12.1. The molecule has 3 N–H and O–H groups in total. The summed E-state index contributed by atoms with van der Waals surface area (Å²) in [5.74, 6) is -1.48. The second kappa shape index (κ2) is 14.0. The molecule has 5 amide bonds. The minimum Gasteiger partial charge on any atom is -0.491 e. The number of ether oxygens (including phenoxy) is 1. The molecule has 4 fully saturated rings. The zero-order valence-electron chi connectivity index (χ0n) is 31.5. The highest BCUT2D eigenvalue weighted by atomic mass is 19.1. The number of alkyl halides is 1. The summed E-state index contributed by atoms with van der Waals surface area (Å²) < 4.78 is 25.7. The van der Waals surface area contributed by atoms with Crippen molar-refractivity contribution in [3.05, 3.63) is 77.9 Å². The summed E-state index contributed by atoms with van der Waals surface area (Å²) in [6, 6.07) is 9.68. The lowest BCUT2D eigenvalue weighted by Gasteiger charge is -2.47. The number of hydrogen-bond acceptors (Lipinski definition) is 11. The molecule has 5 aliphatic rings. The molecule has 298 valence electrons. The quantitative estimate of drug-likeness (QED) is 0.165. The van der Waals surface area contributed by atoms with E-state index in [4.69, 9.17) is 9.84 Å². The Bertz CT molecular complexity index is 2520. The Morgan fingerprint density at radius 3 is 2.59 bits per heavy atom. The van der Waals surface area contributed by atoms with E-state index >= 15 is 4.39 Å². The van der Waals surface area contributed by atoms with Gasteiger partial charge in [-0.15, -0.1) is 0 Å². The molecular weight excluding hydrogens is 748 g/mol. The van der Waals surface area contributed by atoms with Crippen molar-refractivity contribution in [3.63, 3.8) is 0 Å². The van der Waals surface area contributed by atoms with E-state index in [9.17, 15) is 24.0 Å². The second-order valence-corrected chi connectivity index (χ2v) is 16.2. The normalized spacial score (nSPS) is 22.9. The van der Waals surface area contributed by atoms with Crippen LogP contribution in [0, 0.1) is 5.92 Å². The second-order valence-electron chi connectivity index (χ2n) is 16.2. The Kier molecular flexibility index (Phi) is 8.72. The number of imide groups is 2. The average Bonchev–Trinajstić information content (AvgIpc) is 3.70. The summed E-state index contributed by atoms with van der Waals surface area (Å²) in [7, 11) is 0. The van der Waals surface area contributed by atoms with Crippen molar-refractivity contribution in [1.29, 1.82) is 0 Å². The highest BCUT2D eigenvalue weighted by Gasteiger charge is 2.47. The van der Waals surface area contributed by atoms with Gasteiger partial charge in [0.15, 0.2) is 11.3 Å². The average molecular weight is 789 g/mol. The van der Waals surface area contributed by atoms with Gasteiger partial charge in [0.25, 0.3) is 17.7 Å². The lowest BCUT2D eigenvalue weighted by molar-refractivity contribution is -0.136. The lowest BCUT2D eigenvalue weighted by atomic mass is 9.89. The van der Waals surface area contributed by atoms with Gasteiger partial charge in [-0.05, 0) is 81.2 Å². The minimum atomic E-state index is -1.46. The summed E-state index contributed by atoms with van der Waals surface area (Å²) in [5.41, 5.74) is 1.71. The number of rotatable bonds is 11. The Morgan fingerprint density at radius 1 is 0.983 bits per heavy atom. The molecule has 2 saturated heterocycles. The first-order chi connectivity index (χ1) is 28.1. The Morgan fingerprint density at radius 2 is 1.79 bits per heavy atom. The maximum Gasteiger partial charge on any atom is 0.262 e. The first-order valence-electron chi connectivity index (χ1n) is 19.9. The molecule has 0 bridgehead atoms. The number of hydrogen-bond donors (Lipinski definition) is 3. The van der Waals surface area contributed by atoms with Gasteiger partial charge in [0.2, 0.25) is 11.8 Å². The monoisotopic (exact) mass is 788 g/mol. The van der Waals surface area contributed by atoms with E-state index in [0.717, 1.165) is 54.3 Å². The number of carbonyl (C=O) groups excluding carboxylic acids is 5. The number of halogens is 1. The molecule has 1 atom stereocenters. The summed E-state index contributed by atoms with van der Waals surface area (Å²) in [5, 5.41) is 18.7. The van der Waals surface area contributed by atoms with Gasteiger partial charge in [-0.2, -0.15) is 10.2 Å². The fraction of sp³-hybridized carbons (Fsp3) is 0.415. The molecule has 10 rings (SSSR count). The standard InChI is InChI=1S/C41H41FN10O6/c42-41(21-49(22-41)27-8-9-28-29(15-27)40(57)52(39(28)56)33-10-11-35(53)47-38(33)55)20-44-25-4-6-26(7-5-25)51-18-24-14-32(34(16-31(24)48-51)58-19-23-2-3-23)46-37(54)30-17-45-50-13-1-12-43-36(30)50/h1,8-9,12-18,23,25-26,33,44H,2-7,10-11,19-22H2,(H,46,54)(H,47,53,55). The highest BCUT2D eigenvalue weighted by Crippen LogP contribution is 2.38. The first kappa shape index (κ1) is 36.1. The zero-order chi connectivity index (χ0) is 39.7. The van der Waals surface area contributed by atoms with Crippen molar-refractivity contribution in [3.8, 4) is 5.75 Å². The van der Waals surface area contributed by atoms with Crippen LogP contribution in [0.5, 0.6) is 5.75 Å². The van der Waals surface area contributed by atoms with Gasteiger partial charge in [-0.3, -0.25) is 38.9 Å². The zero-order valence-corrected chi connectivity index (χ0v) is 31.5. The molecule has 58 heavy (non-hydrogen) atoms. The number of carbonyl (C=O) groups is 5. The maximum absolute atomic E-state index is 15.9. The van der Waals surface area contributed by atoms with Crippen molar-refractivity contribution in [2.45, 2.75) is 75.2 Å². The summed E-state index contributed by atoms with van der Waals surface area (Å²) >= 11 is 0. The van der Waals surface area contributed by atoms with Crippen molar-refractivity contribution in [2.24, 2.45) is 5.92 Å². The van der Waals surface area contributed by atoms with Crippen LogP contribution in [0.3, 0.4) is 0 Å². The van der Waals surface area contributed by atoms with Gasteiger partial charge in [-0.25, -0.2) is 13.9 Å². The fourth-order valence-electron chi connectivity index (χ4n) is 8.60. The maximum atomic E-state index is 15.9. The van der Waals surface area contributed by atoms with E-state index in [0.29, 0.717) is 40.9 Å². The smallest absolute Gasteiger partial charge is 0.262 e. The number of nitrogens with zero attached hydrogens (tertiary/aromatic N) is 7. The van der Waals surface area contributed by atoms with Crippen molar-refractivity contribution in [1.82, 2.24) is 39.9 Å². The van der Waals surface area contributed by atoms with Crippen molar-refractivity contribution in [2.75, 3.05) is 36.5 Å². The molecule has 1 unspecified atom stereocenters. The molecule has 3 aliphatic heterocycles. The number of anilines is 2. The molecule has 0 radical (unpaired) electrons. The number of aromatic nitrogens is 5. The summed E-state index contributed by atoms with van der Waals surface area (Å²) in [6.45, 7) is 1.04. The SMILES string of the molecule is O=C1CCC(N2C(=O)c3ccc(N4CC(F)(CNC5CCC(n6cc7cc(NC(=O)c8cnn9cccnc89)c(OCC8CC8)cc7n6)CC5)C4)cc3C2=O)C(=O)N1. The van der Waals surface area contributed by atoms with Gasteiger partial charge in [0.1, 0.15) is 17.4 Å². The third kappa shape index (κ3) is 6.62. The lowest BCUT2D eigenvalue weighted by Crippen LogP contribution is -2.64. The van der Waals surface area contributed by atoms with Crippen LogP contribution in [0.4, 0.5) is 15.8 Å². The largest absolute Gasteiger partial charge is 0.491 e. The third-order valence-electron chi connectivity index (χ3n) is 12.1. The predicted octanol–water partition coefficient (Wildman–Crippen LogP) is 3.82. The first-order valence-corrected chi connectivity index (χ1v) is 19.9. The van der Waals surface area contributed by atoms with Gasteiger partial charge in [0, 0.05) is 54.7 Å². The van der Waals surface area contributed by atoms with Crippen LogP contribution in [0.15, 0.2) is 61.2 Å². The van der Waals surface area contributed by atoms with Crippen LogP contribution in [-0.4, -0.2) is 103 Å². The van der Waals surface area contributed by atoms with E-state index in [-0.39, 0.29) is 61.6 Å². The fourth-order valence-corrected chi connectivity index (χ4v) is 8.60. The number of piperidine rings is 1. The number of amides is 5. The van der Waals surface area contributed by atoms with Crippen LogP contribution >= 0.6 is 0 Å². The molecule has 6 heterocycles. The predicted molar refractivity (Wildman–Crippen MR) is 207 cm³/mol. The van der Waals surface area contributed by atoms with Gasteiger partial charge in [0.05, 0.1) is 54.3 Å².